The standard InChI is InChI=1S/C11H19F3O3/c1-3-16-10(15)7-5-4-6-8-17-9(2)11(12,13)14/h9H,3-8H2,1-2H3. The van der Waals surface area contributed by atoms with Crippen molar-refractivity contribution >= 4 is 5.97 Å². The Bertz CT molecular complexity index is 216. The highest BCUT2D eigenvalue weighted by molar-refractivity contribution is 5.69. The number of hydrogen-bond donors (Lipinski definition) is 0. The second-order valence-corrected chi connectivity index (χ2v) is 3.67. The van der Waals surface area contributed by atoms with Gasteiger partial charge < -0.3 is 9.47 Å². The van der Waals surface area contributed by atoms with Crippen molar-refractivity contribution in [3.05, 3.63) is 0 Å². The first-order valence-corrected chi connectivity index (χ1v) is 5.71. The molecule has 0 aromatic rings. The lowest BCUT2D eigenvalue weighted by atomic mass is 10.2. The van der Waals surface area contributed by atoms with Crippen molar-refractivity contribution in [2.45, 2.75) is 51.8 Å². The zero-order valence-electron chi connectivity index (χ0n) is 10.2. The smallest absolute Gasteiger partial charge is 0.414 e. The average Bonchev–Trinajstić information content (AvgIpc) is 2.21. The van der Waals surface area contributed by atoms with E-state index in [9.17, 15) is 18.0 Å². The molecule has 0 radical (unpaired) electrons. The summed E-state index contributed by atoms with van der Waals surface area (Å²) in [5.41, 5.74) is 0. The van der Waals surface area contributed by atoms with Gasteiger partial charge in [-0.3, -0.25) is 4.79 Å². The molecule has 0 aliphatic heterocycles. The highest BCUT2D eigenvalue weighted by Crippen LogP contribution is 2.22. The molecular formula is C11H19F3O3. The lowest BCUT2D eigenvalue weighted by molar-refractivity contribution is -0.214. The van der Waals surface area contributed by atoms with Crippen LogP contribution >= 0.6 is 0 Å². The maximum absolute atomic E-state index is 12.0. The molecule has 0 N–H and O–H groups in total. The van der Waals surface area contributed by atoms with Gasteiger partial charge in [0.15, 0.2) is 6.10 Å². The molecule has 17 heavy (non-hydrogen) atoms. The third-order valence-corrected chi connectivity index (χ3v) is 2.16. The number of hydrogen-bond acceptors (Lipinski definition) is 3. The summed E-state index contributed by atoms with van der Waals surface area (Å²) in [6.07, 6.45) is -3.94. The van der Waals surface area contributed by atoms with Gasteiger partial charge in [0.05, 0.1) is 6.61 Å². The molecule has 0 aliphatic carbocycles. The van der Waals surface area contributed by atoms with Crippen LogP contribution in [0.1, 0.15) is 39.5 Å². The van der Waals surface area contributed by atoms with Crippen LogP contribution < -0.4 is 0 Å². The van der Waals surface area contributed by atoms with Crippen LogP contribution in [0.3, 0.4) is 0 Å². The van der Waals surface area contributed by atoms with E-state index < -0.39 is 12.3 Å². The summed E-state index contributed by atoms with van der Waals surface area (Å²) in [6.45, 7) is 3.12. The van der Waals surface area contributed by atoms with E-state index in [0.29, 0.717) is 32.3 Å². The van der Waals surface area contributed by atoms with Gasteiger partial charge in [-0.1, -0.05) is 6.42 Å². The summed E-state index contributed by atoms with van der Waals surface area (Å²) in [7, 11) is 0. The van der Waals surface area contributed by atoms with Gasteiger partial charge in [-0.2, -0.15) is 13.2 Å². The van der Waals surface area contributed by atoms with Crippen LogP contribution in [-0.4, -0.2) is 31.5 Å². The highest BCUT2D eigenvalue weighted by atomic mass is 19.4. The molecule has 0 bridgehead atoms. The Morgan fingerprint density at radius 1 is 1.24 bits per heavy atom. The van der Waals surface area contributed by atoms with Gasteiger partial charge in [0.2, 0.25) is 0 Å². The van der Waals surface area contributed by atoms with Gasteiger partial charge in [0, 0.05) is 13.0 Å². The lowest BCUT2D eigenvalue weighted by Crippen LogP contribution is -2.28. The number of rotatable bonds is 8. The van der Waals surface area contributed by atoms with Crippen LogP contribution in [0.4, 0.5) is 13.2 Å². The molecule has 0 spiro atoms. The normalized spacial score (nSPS) is 13.5. The molecule has 0 fully saturated rings. The Morgan fingerprint density at radius 2 is 1.88 bits per heavy atom. The molecule has 0 rings (SSSR count). The maximum Gasteiger partial charge on any atom is 0.414 e. The van der Waals surface area contributed by atoms with Crippen molar-refractivity contribution in [2.75, 3.05) is 13.2 Å². The first-order valence-electron chi connectivity index (χ1n) is 5.71. The third-order valence-electron chi connectivity index (χ3n) is 2.16. The topological polar surface area (TPSA) is 35.5 Å². The van der Waals surface area contributed by atoms with Crippen molar-refractivity contribution in [1.82, 2.24) is 0 Å². The van der Waals surface area contributed by atoms with Crippen LogP contribution in [0.15, 0.2) is 0 Å². The summed E-state index contributed by atoms with van der Waals surface area (Å²) in [5.74, 6) is -0.267. The molecule has 0 amide bonds. The molecule has 0 aliphatic rings. The summed E-state index contributed by atoms with van der Waals surface area (Å²) < 4.78 is 45.4. The minimum absolute atomic E-state index is 0.0590. The van der Waals surface area contributed by atoms with Crippen LogP contribution in [0.25, 0.3) is 0 Å². The van der Waals surface area contributed by atoms with E-state index in [0.717, 1.165) is 6.92 Å². The predicted octanol–water partition coefficient (Wildman–Crippen LogP) is 3.08. The van der Waals surface area contributed by atoms with E-state index in [1.807, 2.05) is 0 Å². The second-order valence-electron chi connectivity index (χ2n) is 3.67. The van der Waals surface area contributed by atoms with Crippen molar-refractivity contribution in [2.24, 2.45) is 0 Å². The summed E-state index contributed by atoms with van der Waals surface area (Å²) in [5, 5.41) is 0. The molecule has 0 aromatic carbocycles. The number of alkyl halides is 3. The molecule has 1 atom stereocenters. The molecular weight excluding hydrogens is 237 g/mol. The third kappa shape index (κ3) is 8.97. The maximum atomic E-state index is 12.0. The van der Waals surface area contributed by atoms with Crippen LogP contribution in [-0.2, 0) is 14.3 Å². The van der Waals surface area contributed by atoms with E-state index in [4.69, 9.17) is 4.74 Å². The summed E-state index contributed by atoms with van der Waals surface area (Å²) in [6, 6.07) is 0. The number of esters is 1. The van der Waals surface area contributed by atoms with Crippen LogP contribution in [0, 0.1) is 0 Å². The Morgan fingerprint density at radius 3 is 2.41 bits per heavy atom. The minimum atomic E-state index is -4.30. The molecule has 6 heteroatoms. The Hall–Kier alpha value is -0.780. The fourth-order valence-electron chi connectivity index (χ4n) is 1.14. The summed E-state index contributed by atoms with van der Waals surface area (Å²) >= 11 is 0. The number of halogens is 3. The highest BCUT2D eigenvalue weighted by Gasteiger charge is 2.36. The molecule has 0 saturated heterocycles. The SMILES string of the molecule is CCOC(=O)CCCCCOC(C)C(F)(F)F. The fraction of sp³-hybridized carbons (Fsp3) is 0.909. The van der Waals surface area contributed by atoms with Crippen molar-refractivity contribution in [1.29, 1.82) is 0 Å². The van der Waals surface area contributed by atoms with Gasteiger partial charge in [-0.25, -0.2) is 0 Å². The quantitative estimate of drug-likeness (QED) is 0.494. The molecule has 0 aromatic heterocycles. The van der Waals surface area contributed by atoms with Crippen LogP contribution in [0.5, 0.6) is 0 Å². The van der Waals surface area contributed by atoms with Gasteiger partial charge in [-0.15, -0.1) is 0 Å². The van der Waals surface area contributed by atoms with Gasteiger partial charge in [0.1, 0.15) is 0 Å². The Labute approximate surface area is 99.3 Å². The second kappa shape index (κ2) is 8.33. The van der Waals surface area contributed by atoms with Crippen molar-refractivity contribution in [3.8, 4) is 0 Å². The van der Waals surface area contributed by atoms with Crippen LogP contribution in [0.2, 0.25) is 0 Å². The Kier molecular flexibility index (Phi) is 7.95. The number of carbonyl (C=O) groups excluding carboxylic acids is 1. The zero-order chi connectivity index (χ0) is 13.3. The largest absolute Gasteiger partial charge is 0.466 e. The molecule has 0 saturated carbocycles. The molecule has 0 heterocycles. The van der Waals surface area contributed by atoms with E-state index in [1.54, 1.807) is 6.92 Å². The van der Waals surface area contributed by atoms with Gasteiger partial charge in [-0.05, 0) is 26.7 Å². The monoisotopic (exact) mass is 256 g/mol. The van der Waals surface area contributed by atoms with E-state index in [2.05, 4.69) is 4.74 Å². The zero-order valence-corrected chi connectivity index (χ0v) is 10.2. The Balaban J connectivity index is 3.38. The van der Waals surface area contributed by atoms with Crippen molar-refractivity contribution in [3.63, 3.8) is 0 Å². The van der Waals surface area contributed by atoms with E-state index >= 15 is 0 Å². The number of ether oxygens (including phenoxy) is 2. The first kappa shape index (κ1) is 16.2. The van der Waals surface area contributed by atoms with Crippen molar-refractivity contribution < 1.29 is 27.4 Å². The first-order chi connectivity index (χ1) is 7.88. The number of unbranched alkanes of at least 4 members (excludes halogenated alkanes) is 2. The average molecular weight is 256 g/mol. The molecule has 102 valence electrons. The van der Waals surface area contributed by atoms with Gasteiger partial charge >= 0.3 is 12.1 Å². The van der Waals surface area contributed by atoms with E-state index in [-0.39, 0.29) is 12.6 Å². The fourth-order valence-corrected chi connectivity index (χ4v) is 1.14. The minimum Gasteiger partial charge on any atom is -0.466 e. The number of carbonyl (C=O) groups is 1. The molecule has 1 unspecified atom stereocenters. The van der Waals surface area contributed by atoms with E-state index in [1.165, 1.54) is 0 Å². The lowest BCUT2D eigenvalue weighted by Gasteiger charge is -2.16. The predicted molar refractivity (Wildman–Crippen MR) is 56.6 cm³/mol. The van der Waals surface area contributed by atoms with Gasteiger partial charge in [0.25, 0.3) is 0 Å². The summed E-state index contributed by atoms with van der Waals surface area (Å²) in [4.78, 5) is 10.9. The molecule has 3 nitrogen and oxygen atoms in total.